The predicted molar refractivity (Wildman–Crippen MR) is 109 cm³/mol. The van der Waals surface area contributed by atoms with E-state index in [-0.39, 0.29) is 6.10 Å². The second-order valence-electron chi connectivity index (χ2n) is 6.67. The standard InChI is InChI=1S/C21H17N3O4S/c1-12(2)26-18-8-6-13(10-14(18)11-22)21-23-20(24-27-21)17-5-3-4-16-15(17)7-9-19(16)28-29-25/h3-6,8-10,12,25H,7H2,1-2H3. The van der Waals surface area contributed by atoms with Gasteiger partial charge in [0, 0.05) is 16.7 Å². The van der Waals surface area contributed by atoms with Crippen LogP contribution in [-0.4, -0.2) is 20.8 Å². The molecular weight excluding hydrogens is 390 g/mol. The molecule has 0 unspecified atom stereocenters. The summed E-state index contributed by atoms with van der Waals surface area (Å²) in [5, 5.41) is 13.5. The van der Waals surface area contributed by atoms with Crippen LogP contribution in [0.3, 0.4) is 0 Å². The van der Waals surface area contributed by atoms with Crippen LogP contribution in [-0.2, 0) is 10.6 Å². The zero-order valence-electron chi connectivity index (χ0n) is 15.7. The number of nitriles is 1. The number of rotatable bonds is 6. The van der Waals surface area contributed by atoms with Crippen LogP contribution < -0.4 is 4.74 Å². The van der Waals surface area contributed by atoms with Crippen molar-refractivity contribution in [3.05, 3.63) is 59.2 Å². The maximum Gasteiger partial charge on any atom is 0.258 e. The van der Waals surface area contributed by atoms with Crippen molar-refractivity contribution in [3.8, 4) is 34.7 Å². The number of hydrogen-bond donors (Lipinski definition) is 1. The fraction of sp³-hybridized carbons (Fsp3) is 0.190. The van der Waals surface area contributed by atoms with Crippen LogP contribution in [0.2, 0.25) is 0 Å². The van der Waals surface area contributed by atoms with E-state index in [1.54, 1.807) is 18.2 Å². The summed E-state index contributed by atoms with van der Waals surface area (Å²) in [6.07, 6.45) is 2.51. The van der Waals surface area contributed by atoms with E-state index in [0.29, 0.717) is 53.1 Å². The molecule has 1 aliphatic rings. The van der Waals surface area contributed by atoms with Crippen molar-refractivity contribution >= 4 is 18.1 Å². The van der Waals surface area contributed by atoms with Gasteiger partial charge in [-0.05, 0) is 50.1 Å². The Morgan fingerprint density at radius 2 is 2.07 bits per heavy atom. The summed E-state index contributed by atoms with van der Waals surface area (Å²) < 4.78 is 25.3. The Bertz CT molecular complexity index is 1130. The zero-order valence-corrected chi connectivity index (χ0v) is 16.6. The highest BCUT2D eigenvalue weighted by molar-refractivity contribution is 7.89. The molecule has 0 bridgehead atoms. The molecule has 0 amide bonds. The van der Waals surface area contributed by atoms with Gasteiger partial charge in [-0.1, -0.05) is 23.4 Å². The molecule has 0 spiro atoms. The van der Waals surface area contributed by atoms with Gasteiger partial charge in [0.1, 0.15) is 17.6 Å². The highest BCUT2D eigenvalue weighted by Crippen LogP contribution is 2.36. The molecular formula is C21H17N3O4S. The monoisotopic (exact) mass is 407 g/mol. The first-order chi connectivity index (χ1) is 14.1. The maximum atomic E-state index is 9.43. The van der Waals surface area contributed by atoms with Crippen molar-refractivity contribution in [1.29, 1.82) is 5.26 Å². The highest BCUT2D eigenvalue weighted by Gasteiger charge is 2.22. The van der Waals surface area contributed by atoms with Crippen molar-refractivity contribution < 1.29 is 18.0 Å². The molecule has 8 heteroatoms. The molecule has 0 saturated heterocycles. The Balaban J connectivity index is 1.66. The van der Waals surface area contributed by atoms with E-state index in [1.807, 2.05) is 38.1 Å². The van der Waals surface area contributed by atoms with E-state index in [1.165, 1.54) is 0 Å². The zero-order chi connectivity index (χ0) is 20.4. The number of ether oxygens (including phenoxy) is 1. The van der Waals surface area contributed by atoms with Gasteiger partial charge in [0.15, 0.2) is 0 Å². The Kier molecular flexibility index (Phi) is 5.25. The summed E-state index contributed by atoms with van der Waals surface area (Å²) in [6.45, 7) is 3.81. The molecule has 0 radical (unpaired) electrons. The van der Waals surface area contributed by atoms with Gasteiger partial charge < -0.3 is 13.4 Å². The van der Waals surface area contributed by atoms with Crippen LogP contribution in [0.15, 0.2) is 47.0 Å². The minimum atomic E-state index is -0.0325. The molecule has 2 aromatic carbocycles. The van der Waals surface area contributed by atoms with Gasteiger partial charge in [-0.2, -0.15) is 10.2 Å². The van der Waals surface area contributed by atoms with Crippen molar-refractivity contribution in [2.45, 2.75) is 26.4 Å². The van der Waals surface area contributed by atoms with Gasteiger partial charge in [0.25, 0.3) is 5.89 Å². The second kappa shape index (κ2) is 7.99. The number of nitrogens with zero attached hydrogens (tertiary/aromatic N) is 3. The summed E-state index contributed by atoms with van der Waals surface area (Å²) in [4.78, 5) is 4.52. The van der Waals surface area contributed by atoms with Crippen LogP contribution in [0.5, 0.6) is 5.75 Å². The van der Waals surface area contributed by atoms with E-state index in [9.17, 15) is 5.26 Å². The lowest BCUT2D eigenvalue weighted by molar-refractivity contribution is 0.241. The molecule has 29 heavy (non-hydrogen) atoms. The number of allylic oxidation sites excluding steroid dienone is 1. The third-order valence-corrected chi connectivity index (χ3v) is 4.69. The molecule has 1 aliphatic carbocycles. The summed E-state index contributed by atoms with van der Waals surface area (Å²) >= 11 is 0.319. The van der Waals surface area contributed by atoms with Crippen LogP contribution in [0, 0.1) is 11.3 Å². The van der Waals surface area contributed by atoms with E-state index in [2.05, 4.69) is 16.2 Å². The molecule has 3 aromatic rings. The fourth-order valence-electron chi connectivity index (χ4n) is 3.23. The lowest BCUT2D eigenvalue weighted by atomic mass is 10.0. The Hall–Kier alpha value is -3.28. The topological polar surface area (TPSA) is 101 Å². The van der Waals surface area contributed by atoms with Gasteiger partial charge in [-0.25, -0.2) is 0 Å². The molecule has 0 saturated carbocycles. The average molecular weight is 407 g/mol. The van der Waals surface area contributed by atoms with Crippen molar-refractivity contribution in [2.75, 3.05) is 0 Å². The summed E-state index contributed by atoms with van der Waals surface area (Å²) in [5.41, 5.74) is 3.77. The average Bonchev–Trinajstić information content (AvgIpc) is 3.36. The minimum Gasteiger partial charge on any atom is -0.490 e. The lowest BCUT2D eigenvalue weighted by Crippen LogP contribution is -2.06. The molecule has 1 N–H and O–H groups in total. The summed E-state index contributed by atoms with van der Waals surface area (Å²) in [5.74, 6) is 1.90. The van der Waals surface area contributed by atoms with Crippen LogP contribution in [0.25, 0.3) is 28.6 Å². The quantitative estimate of drug-likeness (QED) is 0.563. The van der Waals surface area contributed by atoms with Crippen molar-refractivity contribution in [1.82, 2.24) is 10.1 Å². The van der Waals surface area contributed by atoms with E-state index in [4.69, 9.17) is 18.0 Å². The summed E-state index contributed by atoms with van der Waals surface area (Å²) in [7, 11) is 0. The van der Waals surface area contributed by atoms with Crippen LogP contribution >= 0.6 is 12.3 Å². The Morgan fingerprint density at radius 3 is 2.83 bits per heavy atom. The van der Waals surface area contributed by atoms with Gasteiger partial charge >= 0.3 is 0 Å². The lowest BCUT2D eigenvalue weighted by Gasteiger charge is -2.11. The first-order valence-electron chi connectivity index (χ1n) is 8.96. The van der Waals surface area contributed by atoms with E-state index < -0.39 is 0 Å². The number of hydrogen-bond acceptors (Lipinski definition) is 8. The molecule has 0 atom stereocenters. The second-order valence-corrected chi connectivity index (χ2v) is 6.99. The van der Waals surface area contributed by atoms with Gasteiger partial charge in [0.2, 0.25) is 18.1 Å². The van der Waals surface area contributed by atoms with Gasteiger partial charge in [-0.15, -0.1) is 0 Å². The number of benzene rings is 2. The first kappa shape index (κ1) is 19.1. The first-order valence-corrected chi connectivity index (χ1v) is 9.66. The molecule has 0 aliphatic heterocycles. The Morgan fingerprint density at radius 1 is 1.24 bits per heavy atom. The largest absolute Gasteiger partial charge is 0.490 e. The van der Waals surface area contributed by atoms with Crippen LogP contribution in [0.4, 0.5) is 0 Å². The van der Waals surface area contributed by atoms with E-state index in [0.717, 1.165) is 16.7 Å². The molecule has 7 nitrogen and oxygen atoms in total. The van der Waals surface area contributed by atoms with Gasteiger partial charge in [-0.3, -0.25) is 4.55 Å². The molecule has 1 aromatic heterocycles. The number of fused-ring (bicyclic) bond motifs is 1. The highest BCUT2D eigenvalue weighted by atomic mass is 32.2. The molecule has 0 fully saturated rings. The van der Waals surface area contributed by atoms with Crippen molar-refractivity contribution in [3.63, 3.8) is 0 Å². The Labute approximate surface area is 172 Å². The number of aromatic nitrogens is 2. The minimum absolute atomic E-state index is 0.0325. The third kappa shape index (κ3) is 3.70. The SMILES string of the molecule is CC(C)Oc1ccc(-c2nc(-c3cccc4c3CC=C4OSO)no2)cc1C#N. The smallest absolute Gasteiger partial charge is 0.258 e. The normalized spacial score (nSPS) is 12.4. The maximum absolute atomic E-state index is 9.43. The summed E-state index contributed by atoms with van der Waals surface area (Å²) in [6, 6.07) is 13.0. The predicted octanol–water partition coefficient (Wildman–Crippen LogP) is 5.10. The molecule has 1 heterocycles. The van der Waals surface area contributed by atoms with Gasteiger partial charge in [0.05, 0.1) is 11.7 Å². The van der Waals surface area contributed by atoms with E-state index >= 15 is 0 Å². The fourth-order valence-corrected chi connectivity index (χ4v) is 3.47. The van der Waals surface area contributed by atoms with Crippen molar-refractivity contribution in [2.24, 2.45) is 0 Å². The third-order valence-electron chi connectivity index (χ3n) is 4.44. The molecule has 4 rings (SSSR count). The van der Waals surface area contributed by atoms with Crippen LogP contribution in [0.1, 0.15) is 30.5 Å². The molecule has 146 valence electrons.